The summed E-state index contributed by atoms with van der Waals surface area (Å²) in [6.45, 7) is 3.36. The van der Waals surface area contributed by atoms with Crippen molar-refractivity contribution in [2.45, 2.75) is 19.9 Å². The molecule has 116 valence electrons. The number of carbonyl (C=O) groups is 2. The number of carboxylic acid groups (broad SMARTS) is 1. The van der Waals surface area contributed by atoms with Gasteiger partial charge in [0.25, 0.3) is 11.6 Å². The molecule has 0 saturated heterocycles. The fourth-order valence-electron chi connectivity index (χ4n) is 2.14. The lowest BCUT2D eigenvalue weighted by atomic mass is 10.0. The molecule has 8 nitrogen and oxygen atoms in total. The van der Waals surface area contributed by atoms with Crippen LogP contribution in [0.3, 0.4) is 0 Å². The summed E-state index contributed by atoms with van der Waals surface area (Å²) in [6.07, 6.45) is 1.41. The third-order valence-corrected chi connectivity index (χ3v) is 3.34. The summed E-state index contributed by atoms with van der Waals surface area (Å²) in [6, 6.07) is 3.08. The van der Waals surface area contributed by atoms with Crippen LogP contribution in [0.4, 0.5) is 5.69 Å². The second-order valence-corrected chi connectivity index (χ2v) is 5.22. The van der Waals surface area contributed by atoms with Crippen molar-refractivity contribution >= 4 is 28.5 Å². The topological polar surface area (TPSA) is 125 Å². The first-order chi connectivity index (χ1) is 10.3. The fraction of sp³-hybridized carbons (Fsp3) is 0.286. The molecule has 2 rings (SSSR count). The van der Waals surface area contributed by atoms with Gasteiger partial charge in [0.15, 0.2) is 0 Å². The number of aromatic nitrogens is 1. The predicted octanol–water partition coefficient (Wildman–Crippen LogP) is 1.92. The molecule has 1 heterocycles. The van der Waals surface area contributed by atoms with Crippen LogP contribution in [0, 0.1) is 16.0 Å². The molecular formula is C14H15N3O5. The number of fused-ring (bicyclic) bond motifs is 1. The SMILES string of the molecule is CC(C)C(NC(=O)c1c[nH]c2ccc([N+](=O)[O-])cc12)C(=O)O. The molecule has 0 aliphatic rings. The third kappa shape index (κ3) is 2.90. The summed E-state index contributed by atoms with van der Waals surface area (Å²) < 4.78 is 0. The number of non-ortho nitro benzene ring substituents is 1. The molecule has 3 N–H and O–H groups in total. The summed E-state index contributed by atoms with van der Waals surface area (Å²) in [5, 5.41) is 22.7. The molecule has 1 amide bonds. The van der Waals surface area contributed by atoms with Gasteiger partial charge in [0.05, 0.1) is 10.5 Å². The minimum atomic E-state index is -1.13. The molecule has 0 radical (unpaired) electrons. The smallest absolute Gasteiger partial charge is 0.326 e. The molecule has 8 heteroatoms. The van der Waals surface area contributed by atoms with Crippen LogP contribution in [0.5, 0.6) is 0 Å². The minimum Gasteiger partial charge on any atom is -0.480 e. The molecule has 0 bridgehead atoms. The number of hydrogen-bond acceptors (Lipinski definition) is 4. The van der Waals surface area contributed by atoms with E-state index >= 15 is 0 Å². The molecule has 1 atom stereocenters. The lowest BCUT2D eigenvalue weighted by Crippen LogP contribution is -2.44. The second-order valence-electron chi connectivity index (χ2n) is 5.22. The van der Waals surface area contributed by atoms with E-state index in [1.807, 2.05) is 0 Å². The Morgan fingerprint density at radius 2 is 2.05 bits per heavy atom. The Bertz CT molecular complexity index is 750. The highest BCUT2D eigenvalue weighted by Crippen LogP contribution is 2.23. The van der Waals surface area contributed by atoms with Crippen LogP contribution in [0.25, 0.3) is 10.9 Å². The Hall–Kier alpha value is -2.90. The Kier molecular flexibility index (Phi) is 4.11. The normalized spacial score (nSPS) is 12.3. The zero-order valence-corrected chi connectivity index (χ0v) is 12.0. The number of nitro benzene ring substituents is 1. The number of hydrogen-bond donors (Lipinski definition) is 3. The summed E-state index contributed by atoms with van der Waals surface area (Å²) in [7, 11) is 0. The molecule has 0 fully saturated rings. The van der Waals surface area contributed by atoms with Crippen LogP contribution >= 0.6 is 0 Å². The maximum absolute atomic E-state index is 12.3. The minimum absolute atomic E-state index is 0.139. The zero-order chi connectivity index (χ0) is 16.4. The van der Waals surface area contributed by atoms with E-state index in [-0.39, 0.29) is 17.2 Å². The average Bonchev–Trinajstić information content (AvgIpc) is 2.86. The largest absolute Gasteiger partial charge is 0.480 e. The van der Waals surface area contributed by atoms with Crippen LogP contribution < -0.4 is 5.32 Å². The van der Waals surface area contributed by atoms with E-state index in [1.165, 1.54) is 24.4 Å². The van der Waals surface area contributed by atoms with Gasteiger partial charge in [-0.25, -0.2) is 4.79 Å². The molecule has 1 aromatic carbocycles. The first-order valence-electron chi connectivity index (χ1n) is 6.60. The number of carbonyl (C=O) groups excluding carboxylic acids is 1. The van der Waals surface area contributed by atoms with Gasteiger partial charge in [0, 0.05) is 29.2 Å². The molecule has 22 heavy (non-hydrogen) atoms. The van der Waals surface area contributed by atoms with Crippen LogP contribution in [0.2, 0.25) is 0 Å². The van der Waals surface area contributed by atoms with Gasteiger partial charge >= 0.3 is 5.97 Å². The fourth-order valence-corrected chi connectivity index (χ4v) is 2.14. The van der Waals surface area contributed by atoms with Crippen molar-refractivity contribution in [3.63, 3.8) is 0 Å². The predicted molar refractivity (Wildman–Crippen MR) is 78.7 cm³/mol. The van der Waals surface area contributed by atoms with E-state index < -0.39 is 22.8 Å². The highest BCUT2D eigenvalue weighted by molar-refractivity contribution is 6.08. The molecule has 0 saturated carbocycles. The second kappa shape index (κ2) is 5.84. The Labute approximate surface area is 125 Å². The highest BCUT2D eigenvalue weighted by atomic mass is 16.6. The third-order valence-electron chi connectivity index (χ3n) is 3.34. The number of nitrogens with one attached hydrogen (secondary N) is 2. The summed E-state index contributed by atoms with van der Waals surface area (Å²) in [5.74, 6) is -2.01. The summed E-state index contributed by atoms with van der Waals surface area (Å²) >= 11 is 0. The van der Waals surface area contributed by atoms with Crippen LogP contribution in [-0.4, -0.2) is 32.9 Å². The molecule has 0 spiro atoms. The number of H-pyrrole nitrogens is 1. The van der Waals surface area contributed by atoms with Crippen molar-refractivity contribution in [1.29, 1.82) is 0 Å². The number of carboxylic acids is 1. The first kappa shape index (κ1) is 15.5. The van der Waals surface area contributed by atoms with Crippen molar-refractivity contribution in [3.05, 3.63) is 40.1 Å². The molecular weight excluding hydrogens is 290 g/mol. The number of nitrogens with zero attached hydrogens (tertiary/aromatic N) is 1. The van der Waals surface area contributed by atoms with Gasteiger partial charge in [-0.2, -0.15) is 0 Å². The van der Waals surface area contributed by atoms with E-state index in [9.17, 15) is 19.7 Å². The molecule has 1 aromatic heterocycles. The van der Waals surface area contributed by atoms with Crippen molar-refractivity contribution < 1.29 is 19.6 Å². The van der Waals surface area contributed by atoms with E-state index in [0.717, 1.165) is 0 Å². The molecule has 0 aliphatic carbocycles. The molecule has 0 aliphatic heterocycles. The number of rotatable bonds is 5. The standard InChI is InChI=1S/C14H15N3O5/c1-7(2)12(14(19)20)16-13(18)10-6-15-11-4-3-8(17(21)22)5-9(10)11/h3-7,12,15H,1-2H3,(H,16,18)(H,19,20). The van der Waals surface area contributed by atoms with Gasteiger partial charge in [-0.1, -0.05) is 13.8 Å². The quantitative estimate of drug-likeness (QED) is 0.574. The number of nitro groups is 1. The Morgan fingerprint density at radius 3 is 2.59 bits per heavy atom. The maximum atomic E-state index is 12.3. The number of aliphatic carboxylic acids is 1. The van der Waals surface area contributed by atoms with E-state index in [1.54, 1.807) is 13.8 Å². The van der Waals surface area contributed by atoms with Gasteiger partial charge < -0.3 is 15.4 Å². The lowest BCUT2D eigenvalue weighted by molar-refractivity contribution is -0.384. The number of amides is 1. The lowest BCUT2D eigenvalue weighted by Gasteiger charge is -2.17. The van der Waals surface area contributed by atoms with Crippen molar-refractivity contribution in [1.82, 2.24) is 10.3 Å². The Balaban J connectivity index is 2.37. The van der Waals surface area contributed by atoms with Gasteiger partial charge in [-0.3, -0.25) is 14.9 Å². The monoisotopic (exact) mass is 305 g/mol. The molecule has 2 aromatic rings. The Morgan fingerprint density at radius 1 is 1.36 bits per heavy atom. The van der Waals surface area contributed by atoms with Gasteiger partial charge in [-0.05, 0) is 12.0 Å². The summed E-state index contributed by atoms with van der Waals surface area (Å²) in [5.41, 5.74) is 0.595. The van der Waals surface area contributed by atoms with Gasteiger partial charge in [0.2, 0.25) is 0 Å². The van der Waals surface area contributed by atoms with Crippen LogP contribution in [-0.2, 0) is 4.79 Å². The summed E-state index contributed by atoms with van der Waals surface area (Å²) in [4.78, 5) is 36.5. The van der Waals surface area contributed by atoms with Crippen molar-refractivity contribution in [2.75, 3.05) is 0 Å². The number of benzene rings is 1. The van der Waals surface area contributed by atoms with Crippen molar-refractivity contribution in [3.8, 4) is 0 Å². The molecule has 1 unspecified atom stereocenters. The van der Waals surface area contributed by atoms with Gasteiger partial charge in [0.1, 0.15) is 6.04 Å². The average molecular weight is 305 g/mol. The van der Waals surface area contributed by atoms with Crippen molar-refractivity contribution in [2.24, 2.45) is 5.92 Å². The van der Waals surface area contributed by atoms with E-state index in [4.69, 9.17) is 5.11 Å². The van der Waals surface area contributed by atoms with E-state index in [0.29, 0.717) is 10.9 Å². The van der Waals surface area contributed by atoms with Crippen LogP contribution in [0.1, 0.15) is 24.2 Å². The van der Waals surface area contributed by atoms with E-state index in [2.05, 4.69) is 10.3 Å². The number of aromatic amines is 1. The van der Waals surface area contributed by atoms with Gasteiger partial charge in [-0.15, -0.1) is 0 Å². The van der Waals surface area contributed by atoms with Crippen LogP contribution in [0.15, 0.2) is 24.4 Å². The first-order valence-corrected chi connectivity index (χ1v) is 6.60. The maximum Gasteiger partial charge on any atom is 0.326 e. The zero-order valence-electron chi connectivity index (χ0n) is 12.0. The highest BCUT2D eigenvalue weighted by Gasteiger charge is 2.25.